The number of carbonyl (C=O) groups excluding carboxylic acids is 1. The van der Waals surface area contributed by atoms with E-state index in [2.05, 4.69) is 10.6 Å². The van der Waals surface area contributed by atoms with Crippen LogP contribution < -0.4 is 10.6 Å². The summed E-state index contributed by atoms with van der Waals surface area (Å²) in [6, 6.07) is 4.58. The number of hydrogen-bond donors (Lipinski definition) is 2. The first kappa shape index (κ1) is 17.5. The van der Waals surface area contributed by atoms with Crippen LogP contribution in [0.4, 0.5) is 13.2 Å². The Balaban J connectivity index is 3.13. The van der Waals surface area contributed by atoms with Crippen molar-refractivity contribution in [1.82, 2.24) is 10.6 Å². The lowest BCUT2D eigenvalue weighted by atomic mass is 9.82. The second kappa shape index (κ2) is 6.47. The van der Waals surface area contributed by atoms with Gasteiger partial charge in [0.2, 0.25) is 5.91 Å². The first-order valence-corrected chi connectivity index (χ1v) is 6.67. The van der Waals surface area contributed by atoms with Crippen molar-refractivity contribution in [2.75, 3.05) is 13.6 Å². The van der Waals surface area contributed by atoms with Crippen LogP contribution in [0.5, 0.6) is 0 Å². The summed E-state index contributed by atoms with van der Waals surface area (Å²) < 4.78 is 38.4. The number of amides is 1. The molecule has 0 fully saturated rings. The summed E-state index contributed by atoms with van der Waals surface area (Å²) in [6.07, 6.45) is -4.40. The predicted molar refractivity (Wildman–Crippen MR) is 75.7 cm³/mol. The van der Waals surface area contributed by atoms with Crippen LogP contribution in [0, 0.1) is 5.41 Å². The van der Waals surface area contributed by atoms with Crippen LogP contribution in [0.25, 0.3) is 0 Å². The molecule has 0 aliphatic heterocycles. The minimum Gasteiger partial charge on any atom is -0.348 e. The summed E-state index contributed by atoms with van der Waals surface area (Å²) >= 11 is 0. The zero-order valence-corrected chi connectivity index (χ0v) is 12.6. The molecule has 0 radical (unpaired) electrons. The highest BCUT2D eigenvalue weighted by Gasteiger charge is 2.33. The highest BCUT2D eigenvalue weighted by Crippen LogP contribution is 2.36. The van der Waals surface area contributed by atoms with Crippen molar-refractivity contribution in [2.45, 2.75) is 33.0 Å². The summed E-state index contributed by atoms with van der Waals surface area (Å²) in [7, 11) is 1.63. The molecule has 0 spiro atoms. The van der Waals surface area contributed by atoms with Gasteiger partial charge in [0.25, 0.3) is 0 Å². The molecule has 1 aromatic rings. The Bertz CT molecular complexity index is 492. The lowest BCUT2D eigenvalue weighted by Gasteiger charge is -2.32. The molecular weight excluding hydrogens is 281 g/mol. The molecule has 0 heterocycles. The second-order valence-corrected chi connectivity index (χ2v) is 6.02. The van der Waals surface area contributed by atoms with Gasteiger partial charge in [-0.2, -0.15) is 13.2 Å². The van der Waals surface area contributed by atoms with Gasteiger partial charge in [0.15, 0.2) is 0 Å². The third-order valence-corrected chi connectivity index (χ3v) is 3.06. The fraction of sp³-hybridized carbons (Fsp3) is 0.533. The minimum absolute atomic E-state index is 0.117. The fourth-order valence-electron chi connectivity index (χ4n) is 2.07. The van der Waals surface area contributed by atoms with E-state index < -0.39 is 23.2 Å². The number of benzene rings is 1. The molecule has 1 rings (SSSR count). The highest BCUT2D eigenvalue weighted by atomic mass is 19.4. The van der Waals surface area contributed by atoms with Crippen molar-refractivity contribution in [2.24, 2.45) is 5.41 Å². The molecule has 0 bridgehead atoms. The van der Waals surface area contributed by atoms with Crippen LogP contribution in [0.3, 0.4) is 0 Å². The van der Waals surface area contributed by atoms with Crippen LogP contribution in [0.1, 0.15) is 37.9 Å². The average molecular weight is 302 g/mol. The van der Waals surface area contributed by atoms with E-state index in [1.807, 2.05) is 20.8 Å². The molecule has 2 N–H and O–H groups in total. The number of hydrogen-bond acceptors (Lipinski definition) is 2. The molecule has 21 heavy (non-hydrogen) atoms. The largest absolute Gasteiger partial charge is 0.416 e. The van der Waals surface area contributed by atoms with Gasteiger partial charge in [0.05, 0.1) is 18.2 Å². The van der Waals surface area contributed by atoms with Crippen LogP contribution in [0.15, 0.2) is 24.3 Å². The molecule has 0 aliphatic carbocycles. The molecule has 3 nitrogen and oxygen atoms in total. The van der Waals surface area contributed by atoms with E-state index in [1.165, 1.54) is 6.07 Å². The lowest BCUT2D eigenvalue weighted by molar-refractivity contribution is -0.137. The van der Waals surface area contributed by atoms with E-state index in [4.69, 9.17) is 0 Å². The van der Waals surface area contributed by atoms with Gasteiger partial charge in [-0.05, 0) is 30.2 Å². The third kappa shape index (κ3) is 5.04. The first-order chi connectivity index (χ1) is 9.55. The van der Waals surface area contributed by atoms with E-state index in [-0.39, 0.29) is 12.5 Å². The molecule has 0 aliphatic rings. The molecule has 1 aromatic carbocycles. The topological polar surface area (TPSA) is 41.1 Å². The van der Waals surface area contributed by atoms with E-state index >= 15 is 0 Å². The van der Waals surface area contributed by atoms with Gasteiger partial charge in [-0.3, -0.25) is 4.79 Å². The predicted octanol–water partition coefficient (Wildman–Crippen LogP) is 3.13. The highest BCUT2D eigenvalue weighted by molar-refractivity contribution is 5.78. The molecule has 6 heteroatoms. The number of nitrogens with one attached hydrogen (secondary N) is 2. The Morgan fingerprint density at radius 1 is 1.24 bits per heavy atom. The Kier molecular flexibility index (Phi) is 5.39. The Labute approximate surface area is 122 Å². The van der Waals surface area contributed by atoms with E-state index in [9.17, 15) is 18.0 Å². The summed E-state index contributed by atoms with van der Waals surface area (Å²) in [4.78, 5) is 11.8. The monoisotopic (exact) mass is 302 g/mol. The molecule has 1 amide bonds. The van der Waals surface area contributed by atoms with Crippen LogP contribution >= 0.6 is 0 Å². The number of rotatable bonds is 4. The molecule has 1 atom stereocenters. The summed E-state index contributed by atoms with van der Waals surface area (Å²) in [5, 5.41) is 5.50. The Hall–Kier alpha value is -1.56. The van der Waals surface area contributed by atoms with Gasteiger partial charge in [0.1, 0.15) is 0 Å². The Morgan fingerprint density at radius 2 is 1.86 bits per heavy atom. The lowest BCUT2D eigenvalue weighted by Crippen LogP contribution is -2.40. The standard InChI is InChI=1S/C15H21F3N2O/c1-14(2,3)13(20-12(21)9-19-4)10-6-5-7-11(8-10)15(16,17)18/h5-8,13,19H,9H2,1-4H3,(H,20,21). The summed E-state index contributed by atoms with van der Waals surface area (Å²) in [5.41, 5.74) is -0.674. The number of halogens is 3. The average Bonchev–Trinajstić information content (AvgIpc) is 2.34. The van der Waals surface area contributed by atoms with Gasteiger partial charge in [-0.25, -0.2) is 0 Å². The van der Waals surface area contributed by atoms with Crippen molar-refractivity contribution in [1.29, 1.82) is 0 Å². The van der Waals surface area contributed by atoms with Gasteiger partial charge in [-0.15, -0.1) is 0 Å². The zero-order valence-electron chi connectivity index (χ0n) is 12.6. The molecule has 0 aromatic heterocycles. The Morgan fingerprint density at radius 3 is 2.33 bits per heavy atom. The van der Waals surface area contributed by atoms with Crippen molar-refractivity contribution in [3.63, 3.8) is 0 Å². The minimum atomic E-state index is -4.40. The van der Waals surface area contributed by atoms with E-state index in [0.29, 0.717) is 5.56 Å². The fourth-order valence-corrected chi connectivity index (χ4v) is 2.07. The number of likely N-dealkylation sites (N-methyl/N-ethyl adjacent to an activating group) is 1. The van der Waals surface area contributed by atoms with Crippen molar-refractivity contribution in [3.8, 4) is 0 Å². The smallest absolute Gasteiger partial charge is 0.348 e. The zero-order chi connectivity index (χ0) is 16.3. The van der Waals surface area contributed by atoms with E-state index in [1.54, 1.807) is 13.1 Å². The molecule has 118 valence electrons. The van der Waals surface area contributed by atoms with Crippen molar-refractivity contribution < 1.29 is 18.0 Å². The summed E-state index contributed by atoms with van der Waals surface area (Å²) in [6.45, 7) is 5.73. The maximum absolute atomic E-state index is 12.8. The second-order valence-electron chi connectivity index (χ2n) is 6.02. The SMILES string of the molecule is CNCC(=O)NC(c1cccc(C(F)(F)F)c1)C(C)(C)C. The van der Waals surface area contributed by atoms with Gasteiger partial charge < -0.3 is 10.6 Å². The molecular formula is C15H21F3N2O. The van der Waals surface area contributed by atoms with Crippen LogP contribution in [0.2, 0.25) is 0 Å². The maximum Gasteiger partial charge on any atom is 0.416 e. The maximum atomic E-state index is 12.8. The normalized spacial score (nSPS) is 13.9. The molecule has 0 saturated heterocycles. The molecule has 0 saturated carbocycles. The van der Waals surface area contributed by atoms with Gasteiger partial charge in [0, 0.05) is 0 Å². The number of alkyl halides is 3. The summed E-state index contributed by atoms with van der Waals surface area (Å²) in [5.74, 6) is -0.255. The van der Waals surface area contributed by atoms with Crippen molar-refractivity contribution in [3.05, 3.63) is 35.4 Å². The quantitative estimate of drug-likeness (QED) is 0.897. The van der Waals surface area contributed by atoms with Crippen LogP contribution in [-0.4, -0.2) is 19.5 Å². The number of carbonyl (C=O) groups is 1. The molecule has 1 unspecified atom stereocenters. The van der Waals surface area contributed by atoms with Crippen molar-refractivity contribution >= 4 is 5.91 Å². The van der Waals surface area contributed by atoms with Gasteiger partial charge in [-0.1, -0.05) is 32.9 Å². The first-order valence-electron chi connectivity index (χ1n) is 6.67. The van der Waals surface area contributed by atoms with Gasteiger partial charge >= 0.3 is 6.18 Å². The van der Waals surface area contributed by atoms with Crippen LogP contribution in [-0.2, 0) is 11.0 Å². The van der Waals surface area contributed by atoms with E-state index in [0.717, 1.165) is 12.1 Å². The third-order valence-electron chi connectivity index (χ3n) is 3.06.